The van der Waals surface area contributed by atoms with E-state index in [-0.39, 0.29) is 18.3 Å². The van der Waals surface area contributed by atoms with Gasteiger partial charge in [0.2, 0.25) is 0 Å². The number of hydrogen-bond donors (Lipinski definition) is 0. The maximum atomic E-state index is 6.02. The Morgan fingerprint density at radius 1 is 1.16 bits per heavy atom. The van der Waals surface area contributed by atoms with Crippen molar-refractivity contribution in [1.82, 2.24) is 9.30 Å². The molecule has 1 saturated heterocycles. The Morgan fingerprint density at radius 3 is 2.42 bits per heavy atom. The molecule has 1 aromatic heterocycles. The Bertz CT molecular complexity index is 623. The largest absolute Gasteiger partial charge is 0.494 e. The highest BCUT2D eigenvalue weighted by Crippen LogP contribution is 2.36. The fourth-order valence-corrected chi connectivity index (χ4v) is 2.32. The van der Waals surface area contributed by atoms with Crippen molar-refractivity contribution < 1.29 is 9.31 Å². The standard InChI is InChI=1S/C13H16BClN2O2/c1-12(2)13(3,4)19-14(18-12)10-6-5-9-8-16-17(15)11(9)7-10/h5-8H,1-4H3. The van der Waals surface area contributed by atoms with E-state index in [1.807, 2.05) is 45.9 Å². The van der Waals surface area contributed by atoms with Gasteiger partial charge < -0.3 is 9.31 Å². The van der Waals surface area contributed by atoms with E-state index in [1.54, 1.807) is 6.20 Å². The van der Waals surface area contributed by atoms with Crippen molar-refractivity contribution >= 4 is 35.3 Å². The van der Waals surface area contributed by atoms with E-state index < -0.39 is 0 Å². The van der Waals surface area contributed by atoms with Crippen LogP contribution in [-0.2, 0) is 9.31 Å². The third-order valence-corrected chi connectivity index (χ3v) is 4.35. The quantitative estimate of drug-likeness (QED) is 0.751. The van der Waals surface area contributed by atoms with Crippen molar-refractivity contribution in [3.63, 3.8) is 0 Å². The Morgan fingerprint density at radius 2 is 1.79 bits per heavy atom. The number of fused-ring (bicyclic) bond motifs is 1. The topological polar surface area (TPSA) is 36.3 Å². The smallest absolute Gasteiger partial charge is 0.399 e. The molecule has 0 unspecified atom stereocenters. The maximum Gasteiger partial charge on any atom is 0.494 e. The molecule has 0 saturated carbocycles. The number of rotatable bonds is 1. The van der Waals surface area contributed by atoms with Gasteiger partial charge in [-0.1, -0.05) is 12.1 Å². The first kappa shape index (κ1) is 13.0. The van der Waals surface area contributed by atoms with Crippen LogP contribution in [0.2, 0.25) is 0 Å². The number of aromatic nitrogens is 2. The van der Waals surface area contributed by atoms with Crippen molar-refractivity contribution in [2.75, 3.05) is 0 Å². The van der Waals surface area contributed by atoms with E-state index in [0.29, 0.717) is 0 Å². The predicted molar refractivity (Wildman–Crippen MR) is 76.7 cm³/mol. The van der Waals surface area contributed by atoms with Gasteiger partial charge in [-0.15, -0.1) is 0 Å². The number of benzene rings is 1. The minimum Gasteiger partial charge on any atom is -0.399 e. The molecule has 4 nitrogen and oxygen atoms in total. The lowest BCUT2D eigenvalue weighted by atomic mass is 9.79. The monoisotopic (exact) mass is 278 g/mol. The van der Waals surface area contributed by atoms with Gasteiger partial charge in [-0.25, -0.2) is 0 Å². The second-order valence-electron chi connectivity index (χ2n) is 5.91. The average Bonchev–Trinajstić information content (AvgIpc) is 2.78. The third-order valence-electron chi connectivity index (χ3n) is 4.08. The van der Waals surface area contributed by atoms with Crippen molar-refractivity contribution in [2.24, 2.45) is 0 Å². The van der Waals surface area contributed by atoms with Crippen LogP contribution in [0.3, 0.4) is 0 Å². The van der Waals surface area contributed by atoms with E-state index in [1.165, 1.54) is 4.20 Å². The molecule has 0 radical (unpaired) electrons. The molecule has 2 heterocycles. The zero-order valence-electron chi connectivity index (χ0n) is 11.5. The maximum absolute atomic E-state index is 6.02. The van der Waals surface area contributed by atoms with Crippen molar-refractivity contribution in [3.8, 4) is 0 Å². The lowest BCUT2D eigenvalue weighted by Gasteiger charge is -2.32. The van der Waals surface area contributed by atoms with Crippen LogP contribution < -0.4 is 5.46 Å². The normalized spacial score (nSPS) is 21.2. The van der Waals surface area contributed by atoms with Crippen LogP contribution in [0.25, 0.3) is 10.9 Å². The van der Waals surface area contributed by atoms with Crippen LogP contribution in [0.5, 0.6) is 0 Å². The van der Waals surface area contributed by atoms with Gasteiger partial charge in [0, 0.05) is 17.2 Å². The molecule has 100 valence electrons. The Kier molecular flexibility index (Phi) is 2.72. The van der Waals surface area contributed by atoms with Crippen LogP contribution in [0.4, 0.5) is 0 Å². The van der Waals surface area contributed by atoms with Gasteiger partial charge in [-0.05, 0) is 39.2 Å². The minimum absolute atomic E-state index is 0.339. The van der Waals surface area contributed by atoms with Gasteiger partial charge in [0.15, 0.2) is 0 Å². The summed E-state index contributed by atoms with van der Waals surface area (Å²) in [6.07, 6.45) is 1.73. The van der Waals surface area contributed by atoms with Crippen LogP contribution >= 0.6 is 11.8 Å². The second-order valence-corrected chi connectivity index (χ2v) is 6.23. The predicted octanol–water partition coefficient (Wildman–Crippen LogP) is 2.34. The van der Waals surface area contributed by atoms with Gasteiger partial charge in [-0.2, -0.15) is 9.30 Å². The van der Waals surface area contributed by atoms with Gasteiger partial charge >= 0.3 is 7.12 Å². The van der Waals surface area contributed by atoms with Crippen molar-refractivity contribution in [1.29, 1.82) is 0 Å². The minimum atomic E-state index is -0.374. The SMILES string of the molecule is CC1(C)OB(c2ccc3cnn(Cl)c3c2)OC1(C)C. The highest BCUT2D eigenvalue weighted by molar-refractivity contribution is 6.62. The van der Waals surface area contributed by atoms with E-state index in [9.17, 15) is 0 Å². The van der Waals surface area contributed by atoms with Crippen LogP contribution in [0.15, 0.2) is 24.4 Å². The molecule has 0 amide bonds. The molecule has 6 heteroatoms. The average molecular weight is 279 g/mol. The highest BCUT2D eigenvalue weighted by atomic mass is 35.5. The highest BCUT2D eigenvalue weighted by Gasteiger charge is 2.51. The molecule has 1 aliphatic rings. The summed E-state index contributed by atoms with van der Waals surface area (Å²) in [6, 6.07) is 5.92. The molecule has 0 spiro atoms. The molecule has 0 atom stereocenters. The molecule has 1 fully saturated rings. The number of nitrogens with zero attached hydrogens (tertiary/aromatic N) is 2. The Balaban J connectivity index is 2.00. The fourth-order valence-electron chi connectivity index (χ4n) is 2.13. The summed E-state index contributed by atoms with van der Waals surface area (Å²) in [5.41, 5.74) is 1.13. The van der Waals surface area contributed by atoms with Crippen molar-refractivity contribution in [2.45, 2.75) is 38.9 Å². The summed E-state index contributed by atoms with van der Waals surface area (Å²) < 4.78 is 13.4. The first-order valence-electron chi connectivity index (χ1n) is 6.30. The molecule has 2 aromatic rings. The van der Waals surface area contributed by atoms with E-state index in [2.05, 4.69) is 5.10 Å². The first-order valence-corrected chi connectivity index (χ1v) is 6.63. The molecule has 0 N–H and O–H groups in total. The second kappa shape index (κ2) is 3.98. The summed E-state index contributed by atoms with van der Waals surface area (Å²) >= 11 is 5.99. The zero-order valence-corrected chi connectivity index (χ0v) is 12.2. The number of hydrogen-bond acceptors (Lipinski definition) is 3. The molecule has 1 aromatic carbocycles. The first-order chi connectivity index (χ1) is 8.80. The van der Waals surface area contributed by atoms with Gasteiger partial charge in [0.25, 0.3) is 0 Å². The van der Waals surface area contributed by atoms with Gasteiger partial charge in [0.05, 0.1) is 22.9 Å². The summed E-state index contributed by atoms with van der Waals surface area (Å²) in [6.45, 7) is 8.16. The van der Waals surface area contributed by atoms with Crippen LogP contribution in [0.1, 0.15) is 27.7 Å². The molecular formula is C13H16BClN2O2. The summed E-state index contributed by atoms with van der Waals surface area (Å²) in [7, 11) is -0.374. The lowest BCUT2D eigenvalue weighted by Crippen LogP contribution is -2.41. The summed E-state index contributed by atoms with van der Waals surface area (Å²) in [5, 5.41) is 5.02. The zero-order chi connectivity index (χ0) is 13.8. The van der Waals surface area contributed by atoms with Gasteiger partial charge in [-0.3, -0.25) is 0 Å². The van der Waals surface area contributed by atoms with Crippen LogP contribution in [-0.4, -0.2) is 27.6 Å². The molecular weight excluding hydrogens is 262 g/mol. The summed E-state index contributed by atoms with van der Waals surface area (Å²) in [4.78, 5) is 0. The molecule has 1 aliphatic heterocycles. The van der Waals surface area contributed by atoms with E-state index >= 15 is 0 Å². The molecule has 19 heavy (non-hydrogen) atoms. The van der Waals surface area contributed by atoms with Gasteiger partial charge in [0.1, 0.15) is 0 Å². The van der Waals surface area contributed by atoms with E-state index in [0.717, 1.165) is 16.4 Å². The summed E-state index contributed by atoms with van der Waals surface area (Å²) in [5.74, 6) is 0. The third kappa shape index (κ3) is 1.97. The Labute approximate surface area is 117 Å². The molecule has 0 bridgehead atoms. The van der Waals surface area contributed by atoms with Crippen LogP contribution in [0, 0.1) is 0 Å². The molecule has 0 aliphatic carbocycles. The molecule has 3 rings (SSSR count). The Hall–Kier alpha value is -1.04. The van der Waals surface area contributed by atoms with E-state index in [4.69, 9.17) is 21.1 Å². The van der Waals surface area contributed by atoms with Crippen molar-refractivity contribution in [3.05, 3.63) is 24.4 Å². The number of halogens is 1. The lowest BCUT2D eigenvalue weighted by molar-refractivity contribution is 0.00578. The fraction of sp³-hybridized carbons (Fsp3) is 0.462.